The third kappa shape index (κ3) is 7.07. The fourth-order valence-corrected chi connectivity index (χ4v) is 2.08. The van der Waals surface area contributed by atoms with Crippen LogP contribution in [-0.2, 0) is 14.3 Å². The monoisotopic (exact) mass is 348 g/mol. The summed E-state index contributed by atoms with van der Waals surface area (Å²) in [6, 6.07) is 5.09. The molecule has 7 nitrogen and oxygen atoms in total. The van der Waals surface area contributed by atoms with Gasteiger partial charge in [0.25, 0.3) is 5.91 Å². The second kappa shape index (κ2) is 10.9. The van der Waals surface area contributed by atoms with Crippen LogP contribution >= 0.6 is 0 Å². The van der Waals surface area contributed by atoms with Crippen molar-refractivity contribution in [1.82, 2.24) is 10.6 Å². The number of nitrogens with one attached hydrogen (secondary N) is 2. The standard InChI is InChI=1S/C18H24N2O5/c1-3-4-5-10-16(22)19-12-11-14(18(24)25-2)20-17(23)13-8-6-7-9-15(13)21/h4-9,14,21H,3,10-12H2,1-2H3,(H,19,22)(H,20,23)/b5-4-. The lowest BCUT2D eigenvalue weighted by atomic mass is 10.1. The number of methoxy groups -OCH3 is 1. The summed E-state index contributed by atoms with van der Waals surface area (Å²) in [5, 5.41) is 14.9. The van der Waals surface area contributed by atoms with Gasteiger partial charge in [0, 0.05) is 13.0 Å². The second-order valence-electron chi connectivity index (χ2n) is 5.29. The first kappa shape index (κ1) is 20.2. The van der Waals surface area contributed by atoms with Gasteiger partial charge in [0.1, 0.15) is 11.8 Å². The van der Waals surface area contributed by atoms with Crippen molar-refractivity contribution in [2.24, 2.45) is 0 Å². The number of rotatable bonds is 9. The molecule has 0 saturated heterocycles. The van der Waals surface area contributed by atoms with Gasteiger partial charge in [-0.2, -0.15) is 0 Å². The summed E-state index contributed by atoms with van der Waals surface area (Å²) in [5.41, 5.74) is 0.0603. The van der Waals surface area contributed by atoms with Crippen LogP contribution in [0, 0.1) is 0 Å². The van der Waals surface area contributed by atoms with Crippen molar-refractivity contribution in [1.29, 1.82) is 0 Å². The van der Waals surface area contributed by atoms with Crippen LogP contribution in [-0.4, -0.2) is 42.6 Å². The van der Waals surface area contributed by atoms with Crippen molar-refractivity contribution in [3.8, 4) is 5.75 Å². The predicted octanol–water partition coefficient (Wildman–Crippen LogP) is 1.53. The lowest BCUT2D eigenvalue weighted by Crippen LogP contribution is -2.43. The number of esters is 1. The number of phenols is 1. The largest absolute Gasteiger partial charge is 0.507 e. The van der Waals surface area contributed by atoms with Crippen LogP contribution in [0.5, 0.6) is 5.75 Å². The third-order valence-corrected chi connectivity index (χ3v) is 3.40. The highest BCUT2D eigenvalue weighted by atomic mass is 16.5. The van der Waals surface area contributed by atoms with Crippen molar-refractivity contribution >= 4 is 17.8 Å². The summed E-state index contributed by atoms with van der Waals surface area (Å²) < 4.78 is 4.68. The molecule has 0 aromatic heterocycles. The molecule has 3 N–H and O–H groups in total. The van der Waals surface area contributed by atoms with Crippen molar-refractivity contribution in [3.05, 3.63) is 42.0 Å². The molecule has 0 heterocycles. The molecule has 0 bridgehead atoms. The molecule has 2 amide bonds. The first-order chi connectivity index (χ1) is 12.0. The first-order valence-corrected chi connectivity index (χ1v) is 8.08. The molecule has 1 aromatic rings. The molecule has 0 aliphatic rings. The number of phenolic OH excluding ortho intramolecular Hbond substituents is 1. The van der Waals surface area contributed by atoms with E-state index in [9.17, 15) is 19.5 Å². The smallest absolute Gasteiger partial charge is 0.328 e. The average Bonchev–Trinajstić information content (AvgIpc) is 2.60. The Hall–Kier alpha value is -2.83. The average molecular weight is 348 g/mol. The number of aromatic hydroxyl groups is 1. The molecule has 0 saturated carbocycles. The molecule has 136 valence electrons. The lowest BCUT2D eigenvalue weighted by Gasteiger charge is -2.17. The van der Waals surface area contributed by atoms with Gasteiger partial charge in [-0.3, -0.25) is 9.59 Å². The fourth-order valence-electron chi connectivity index (χ4n) is 2.08. The minimum Gasteiger partial charge on any atom is -0.507 e. The van der Waals surface area contributed by atoms with E-state index in [1.54, 1.807) is 18.2 Å². The van der Waals surface area contributed by atoms with E-state index in [0.29, 0.717) is 0 Å². The fraction of sp³-hybridized carbons (Fsp3) is 0.389. The normalized spacial score (nSPS) is 11.8. The van der Waals surface area contributed by atoms with E-state index in [4.69, 9.17) is 0 Å². The number of carbonyl (C=O) groups excluding carboxylic acids is 3. The lowest BCUT2D eigenvalue weighted by molar-refractivity contribution is -0.143. The Kier molecular flexibility index (Phi) is 8.78. The highest BCUT2D eigenvalue weighted by molar-refractivity contribution is 5.98. The number of carbonyl (C=O) groups is 3. The van der Waals surface area contributed by atoms with Gasteiger partial charge in [0.05, 0.1) is 12.7 Å². The maximum atomic E-state index is 12.2. The summed E-state index contributed by atoms with van der Waals surface area (Å²) in [4.78, 5) is 35.6. The molecule has 0 radical (unpaired) electrons. The van der Waals surface area contributed by atoms with Crippen LogP contribution < -0.4 is 10.6 Å². The Morgan fingerprint density at radius 2 is 1.96 bits per heavy atom. The van der Waals surface area contributed by atoms with Crippen molar-refractivity contribution < 1.29 is 24.2 Å². The van der Waals surface area contributed by atoms with Crippen LogP contribution in [0.1, 0.15) is 36.5 Å². The first-order valence-electron chi connectivity index (χ1n) is 8.08. The molecule has 1 atom stereocenters. The zero-order valence-electron chi connectivity index (χ0n) is 14.5. The van der Waals surface area contributed by atoms with Gasteiger partial charge in [-0.05, 0) is 25.0 Å². The van der Waals surface area contributed by atoms with Crippen molar-refractivity contribution in [3.63, 3.8) is 0 Å². The van der Waals surface area contributed by atoms with Gasteiger partial charge in [-0.15, -0.1) is 0 Å². The highest BCUT2D eigenvalue weighted by Crippen LogP contribution is 2.15. The third-order valence-electron chi connectivity index (χ3n) is 3.40. The molecule has 0 aliphatic heterocycles. The summed E-state index contributed by atoms with van der Waals surface area (Å²) in [5.74, 6) is -1.56. The molecule has 0 aliphatic carbocycles. The predicted molar refractivity (Wildman–Crippen MR) is 93.1 cm³/mol. The summed E-state index contributed by atoms with van der Waals surface area (Å²) >= 11 is 0. The summed E-state index contributed by atoms with van der Waals surface area (Å²) in [7, 11) is 1.22. The number of hydrogen-bond donors (Lipinski definition) is 3. The molecule has 7 heteroatoms. The molecule has 0 spiro atoms. The van der Waals surface area contributed by atoms with Gasteiger partial charge in [-0.25, -0.2) is 4.79 Å². The Balaban J connectivity index is 2.59. The van der Waals surface area contributed by atoms with Crippen LogP contribution in [0.3, 0.4) is 0 Å². The van der Waals surface area contributed by atoms with E-state index in [0.717, 1.165) is 6.42 Å². The zero-order valence-corrected chi connectivity index (χ0v) is 14.5. The molecule has 1 unspecified atom stereocenters. The van der Waals surface area contributed by atoms with Crippen LogP contribution in [0.2, 0.25) is 0 Å². The number of amides is 2. The van der Waals surface area contributed by atoms with Gasteiger partial charge < -0.3 is 20.5 Å². The molecular weight excluding hydrogens is 324 g/mol. The van der Waals surface area contributed by atoms with Crippen LogP contribution in [0.4, 0.5) is 0 Å². The minimum atomic E-state index is -0.927. The molecule has 0 fully saturated rings. The van der Waals surface area contributed by atoms with E-state index >= 15 is 0 Å². The van der Waals surface area contributed by atoms with E-state index in [-0.39, 0.29) is 36.6 Å². The van der Waals surface area contributed by atoms with Crippen LogP contribution in [0.25, 0.3) is 0 Å². The number of allylic oxidation sites excluding steroid dienone is 1. The Labute approximate surface area is 147 Å². The Morgan fingerprint density at radius 1 is 1.24 bits per heavy atom. The molecule has 1 rings (SSSR count). The maximum absolute atomic E-state index is 12.2. The summed E-state index contributed by atoms with van der Waals surface area (Å²) in [6.07, 6.45) is 4.96. The number of benzene rings is 1. The Morgan fingerprint density at radius 3 is 2.60 bits per heavy atom. The quantitative estimate of drug-likeness (QED) is 0.464. The number of ether oxygens (including phenoxy) is 1. The van der Waals surface area contributed by atoms with Gasteiger partial charge in [-0.1, -0.05) is 31.2 Å². The zero-order chi connectivity index (χ0) is 18.7. The van der Waals surface area contributed by atoms with E-state index < -0.39 is 17.9 Å². The van der Waals surface area contributed by atoms with Gasteiger partial charge >= 0.3 is 5.97 Å². The number of para-hydroxylation sites is 1. The van der Waals surface area contributed by atoms with E-state index in [1.807, 2.05) is 13.0 Å². The maximum Gasteiger partial charge on any atom is 0.328 e. The second-order valence-corrected chi connectivity index (χ2v) is 5.29. The van der Waals surface area contributed by atoms with Crippen LogP contribution in [0.15, 0.2) is 36.4 Å². The highest BCUT2D eigenvalue weighted by Gasteiger charge is 2.23. The van der Waals surface area contributed by atoms with Crippen molar-refractivity contribution in [2.75, 3.05) is 13.7 Å². The molecular formula is C18H24N2O5. The molecule has 25 heavy (non-hydrogen) atoms. The van der Waals surface area contributed by atoms with Gasteiger partial charge in [0.2, 0.25) is 5.91 Å². The van der Waals surface area contributed by atoms with E-state index in [2.05, 4.69) is 15.4 Å². The van der Waals surface area contributed by atoms with E-state index in [1.165, 1.54) is 19.2 Å². The van der Waals surface area contributed by atoms with Crippen molar-refractivity contribution in [2.45, 2.75) is 32.2 Å². The SMILES string of the molecule is CC/C=C\CC(=O)NCCC(NC(=O)c1ccccc1O)C(=O)OC. The summed E-state index contributed by atoms with van der Waals surface area (Å²) in [6.45, 7) is 2.18. The molecule has 1 aromatic carbocycles. The minimum absolute atomic E-state index is 0.0603. The Bertz CT molecular complexity index is 628. The topological polar surface area (TPSA) is 105 Å². The number of hydrogen-bond acceptors (Lipinski definition) is 5. The van der Waals surface area contributed by atoms with Gasteiger partial charge in [0.15, 0.2) is 0 Å².